The lowest BCUT2D eigenvalue weighted by Crippen LogP contribution is -2.19. The van der Waals surface area contributed by atoms with Gasteiger partial charge in [-0.2, -0.15) is 5.10 Å². The summed E-state index contributed by atoms with van der Waals surface area (Å²) in [5, 5.41) is 12.3. The fourth-order valence-electron chi connectivity index (χ4n) is 2.21. The third-order valence-electron chi connectivity index (χ3n) is 3.78. The van der Waals surface area contributed by atoms with E-state index >= 15 is 0 Å². The van der Waals surface area contributed by atoms with Gasteiger partial charge in [0, 0.05) is 5.75 Å². The zero-order valence-electron chi connectivity index (χ0n) is 15.6. The molecule has 1 amide bonds. The molecule has 0 aliphatic rings. The molecule has 0 saturated carbocycles. The van der Waals surface area contributed by atoms with Crippen LogP contribution < -0.4 is 5.43 Å². The van der Waals surface area contributed by atoms with Gasteiger partial charge in [-0.3, -0.25) is 4.79 Å². The molecule has 0 aliphatic heterocycles. The molecule has 0 aliphatic carbocycles. The van der Waals surface area contributed by atoms with Crippen LogP contribution in [-0.4, -0.2) is 28.1 Å². The molecular weight excluding hydrogens is 408 g/mol. The first-order chi connectivity index (χ1) is 13.6. The number of hydrazone groups is 1. The molecule has 1 N–H and O–H groups in total. The van der Waals surface area contributed by atoms with Crippen molar-refractivity contribution in [3.63, 3.8) is 0 Å². The Morgan fingerprint density at radius 2 is 1.79 bits per heavy atom. The maximum absolute atomic E-state index is 11.9. The molecule has 3 rings (SSSR count). The Bertz CT molecular complexity index is 954. The Balaban J connectivity index is 1.41. The normalized spacial score (nSPS) is 11.1. The van der Waals surface area contributed by atoms with E-state index in [0.717, 1.165) is 25.6 Å². The highest BCUT2D eigenvalue weighted by Crippen LogP contribution is 2.30. The highest BCUT2D eigenvalue weighted by molar-refractivity contribution is 8.03. The lowest BCUT2D eigenvalue weighted by molar-refractivity contribution is -0.118. The lowest BCUT2D eigenvalue weighted by atomic mass is 10.1. The van der Waals surface area contributed by atoms with Gasteiger partial charge in [-0.05, 0) is 30.5 Å². The number of carbonyl (C=O) groups is 1. The predicted molar refractivity (Wildman–Crippen MR) is 118 cm³/mol. The molecule has 28 heavy (non-hydrogen) atoms. The monoisotopic (exact) mass is 428 g/mol. The maximum atomic E-state index is 11.9. The molecular formula is C20H20N4OS3. The molecule has 0 saturated heterocycles. The van der Waals surface area contributed by atoms with E-state index in [1.54, 1.807) is 18.0 Å². The SMILES string of the molecule is Cc1ccc(CSc2nnc(SCC(=O)NN=Cc3ccccc3C)s2)cc1. The summed E-state index contributed by atoms with van der Waals surface area (Å²) in [4.78, 5) is 11.9. The van der Waals surface area contributed by atoms with E-state index in [1.807, 2.05) is 31.2 Å². The number of carbonyl (C=O) groups excluding carboxylic acids is 1. The summed E-state index contributed by atoms with van der Waals surface area (Å²) in [6, 6.07) is 16.3. The standard InChI is InChI=1S/C20H20N4OS3/c1-14-7-9-16(10-8-14)12-26-19-23-24-20(28-19)27-13-18(25)22-21-11-17-6-4-3-5-15(17)2/h3-11H,12-13H2,1-2H3,(H,22,25). The zero-order chi connectivity index (χ0) is 19.8. The van der Waals surface area contributed by atoms with E-state index in [2.05, 4.69) is 51.9 Å². The van der Waals surface area contributed by atoms with Gasteiger partial charge in [-0.1, -0.05) is 89.0 Å². The maximum Gasteiger partial charge on any atom is 0.250 e. The summed E-state index contributed by atoms with van der Waals surface area (Å²) < 4.78 is 1.69. The fourth-order valence-corrected chi connectivity index (χ4v) is 4.98. The second-order valence-corrected chi connectivity index (χ2v) is 9.47. The van der Waals surface area contributed by atoms with Crippen molar-refractivity contribution in [1.82, 2.24) is 15.6 Å². The van der Waals surface area contributed by atoms with E-state index in [9.17, 15) is 4.79 Å². The molecule has 5 nitrogen and oxygen atoms in total. The fraction of sp³-hybridized carbons (Fsp3) is 0.200. The summed E-state index contributed by atoms with van der Waals surface area (Å²) >= 11 is 4.53. The molecule has 1 aromatic heterocycles. The summed E-state index contributed by atoms with van der Waals surface area (Å²) in [5.74, 6) is 0.940. The number of nitrogens with one attached hydrogen (secondary N) is 1. The minimum Gasteiger partial charge on any atom is -0.272 e. The molecule has 0 unspecified atom stereocenters. The molecule has 0 fully saturated rings. The van der Waals surface area contributed by atoms with Crippen LogP contribution in [0.3, 0.4) is 0 Å². The average molecular weight is 429 g/mol. The van der Waals surface area contributed by atoms with Crippen molar-refractivity contribution < 1.29 is 4.79 Å². The molecule has 0 atom stereocenters. The van der Waals surface area contributed by atoms with E-state index in [-0.39, 0.29) is 11.7 Å². The number of rotatable bonds is 8. The van der Waals surface area contributed by atoms with Gasteiger partial charge in [0.1, 0.15) is 0 Å². The molecule has 0 radical (unpaired) electrons. The number of amides is 1. The third-order valence-corrected chi connectivity index (χ3v) is 7.04. The van der Waals surface area contributed by atoms with Crippen LogP contribution >= 0.6 is 34.9 Å². The van der Waals surface area contributed by atoms with Gasteiger partial charge in [0.15, 0.2) is 8.68 Å². The highest BCUT2D eigenvalue weighted by atomic mass is 32.2. The van der Waals surface area contributed by atoms with Crippen LogP contribution in [-0.2, 0) is 10.5 Å². The topological polar surface area (TPSA) is 67.2 Å². The molecule has 0 bridgehead atoms. The lowest BCUT2D eigenvalue weighted by Gasteiger charge is -1.99. The van der Waals surface area contributed by atoms with Crippen LogP contribution in [0.25, 0.3) is 0 Å². The first-order valence-corrected chi connectivity index (χ1v) is 11.4. The summed E-state index contributed by atoms with van der Waals surface area (Å²) in [6.45, 7) is 4.08. The Morgan fingerprint density at radius 1 is 1.07 bits per heavy atom. The number of hydrogen-bond acceptors (Lipinski definition) is 7. The van der Waals surface area contributed by atoms with Gasteiger partial charge in [-0.15, -0.1) is 10.2 Å². The zero-order valence-corrected chi connectivity index (χ0v) is 18.0. The number of aromatic nitrogens is 2. The summed E-state index contributed by atoms with van der Waals surface area (Å²) in [5.41, 5.74) is 7.15. The van der Waals surface area contributed by atoms with Crippen molar-refractivity contribution in [3.8, 4) is 0 Å². The summed E-state index contributed by atoms with van der Waals surface area (Å²) in [6.07, 6.45) is 1.66. The first kappa shape index (κ1) is 20.6. The number of thioether (sulfide) groups is 2. The van der Waals surface area contributed by atoms with Gasteiger partial charge in [0.25, 0.3) is 5.91 Å². The predicted octanol–water partition coefficient (Wildman–Crippen LogP) is 4.69. The van der Waals surface area contributed by atoms with E-state index in [1.165, 1.54) is 34.2 Å². The van der Waals surface area contributed by atoms with Crippen molar-refractivity contribution in [1.29, 1.82) is 0 Å². The van der Waals surface area contributed by atoms with Crippen LogP contribution in [0.5, 0.6) is 0 Å². The van der Waals surface area contributed by atoms with Crippen LogP contribution in [0.15, 0.2) is 62.3 Å². The molecule has 3 aromatic rings. The van der Waals surface area contributed by atoms with Crippen molar-refractivity contribution in [2.24, 2.45) is 5.10 Å². The Kier molecular flexibility index (Phi) is 7.64. The van der Waals surface area contributed by atoms with Crippen LogP contribution in [0.4, 0.5) is 0 Å². The number of aryl methyl sites for hydroxylation is 2. The van der Waals surface area contributed by atoms with Gasteiger partial charge in [-0.25, -0.2) is 5.43 Å². The Labute approximate surface area is 177 Å². The van der Waals surface area contributed by atoms with Crippen molar-refractivity contribution in [2.45, 2.75) is 28.3 Å². The van der Waals surface area contributed by atoms with Crippen LogP contribution in [0, 0.1) is 13.8 Å². The van der Waals surface area contributed by atoms with Crippen LogP contribution in [0.2, 0.25) is 0 Å². The molecule has 2 aromatic carbocycles. The molecule has 8 heteroatoms. The number of nitrogens with zero attached hydrogens (tertiary/aromatic N) is 3. The number of hydrogen-bond donors (Lipinski definition) is 1. The number of benzene rings is 2. The second kappa shape index (κ2) is 10.4. The molecule has 0 spiro atoms. The van der Waals surface area contributed by atoms with Crippen molar-refractivity contribution in [3.05, 3.63) is 70.8 Å². The average Bonchev–Trinajstić information content (AvgIpc) is 3.15. The van der Waals surface area contributed by atoms with E-state index in [0.29, 0.717) is 0 Å². The van der Waals surface area contributed by atoms with Crippen molar-refractivity contribution in [2.75, 3.05) is 5.75 Å². The highest BCUT2D eigenvalue weighted by Gasteiger charge is 2.08. The molecule has 144 valence electrons. The largest absolute Gasteiger partial charge is 0.272 e. The second-order valence-electron chi connectivity index (χ2n) is 6.05. The van der Waals surface area contributed by atoms with Crippen molar-refractivity contribution >= 4 is 47.0 Å². The molecule has 1 heterocycles. The van der Waals surface area contributed by atoms with E-state index in [4.69, 9.17) is 0 Å². The van der Waals surface area contributed by atoms with Gasteiger partial charge in [0.2, 0.25) is 0 Å². The minimum atomic E-state index is -0.168. The third kappa shape index (κ3) is 6.47. The van der Waals surface area contributed by atoms with E-state index < -0.39 is 0 Å². The van der Waals surface area contributed by atoms with Gasteiger partial charge >= 0.3 is 0 Å². The summed E-state index contributed by atoms with van der Waals surface area (Å²) in [7, 11) is 0. The Morgan fingerprint density at radius 3 is 2.54 bits per heavy atom. The first-order valence-electron chi connectivity index (χ1n) is 8.62. The quantitative estimate of drug-likeness (QED) is 0.320. The van der Waals surface area contributed by atoms with Gasteiger partial charge < -0.3 is 0 Å². The Hall–Kier alpha value is -2.16. The minimum absolute atomic E-state index is 0.168. The van der Waals surface area contributed by atoms with Crippen LogP contribution in [0.1, 0.15) is 22.3 Å². The van der Waals surface area contributed by atoms with Gasteiger partial charge in [0.05, 0.1) is 12.0 Å². The smallest absolute Gasteiger partial charge is 0.250 e.